The van der Waals surface area contributed by atoms with E-state index >= 15 is 0 Å². The molecule has 0 bridgehead atoms. The van der Waals surface area contributed by atoms with Crippen LogP contribution in [0.15, 0.2) is 23.1 Å². The molecule has 0 radical (unpaired) electrons. The van der Waals surface area contributed by atoms with Gasteiger partial charge in [-0.2, -0.15) is 0 Å². The van der Waals surface area contributed by atoms with Gasteiger partial charge in [0, 0.05) is 11.1 Å². The van der Waals surface area contributed by atoms with Crippen molar-refractivity contribution in [2.45, 2.75) is 17.9 Å². The van der Waals surface area contributed by atoms with Gasteiger partial charge < -0.3 is 5.32 Å². The highest BCUT2D eigenvalue weighted by Crippen LogP contribution is 2.42. The Labute approximate surface area is 124 Å². The minimum absolute atomic E-state index is 0. The van der Waals surface area contributed by atoms with Gasteiger partial charge in [0.2, 0.25) is 10.0 Å². The molecule has 3 rings (SSSR count). The van der Waals surface area contributed by atoms with Crippen LogP contribution in [0.4, 0.5) is 0 Å². The summed E-state index contributed by atoms with van der Waals surface area (Å²) in [5.41, 5.74) is 0.607. The molecule has 0 aromatic heterocycles. The lowest BCUT2D eigenvalue weighted by Gasteiger charge is -2.11. The van der Waals surface area contributed by atoms with Crippen molar-refractivity contribution in [2.24, 2.45) is 11.8 Å². The van der Waals surface area contributed by atoms with Crippen LogP contribution in [-0.2, 0) is 10.0 Å². The Balaban J connectivity index is 0.00000133. The Morgan fingerprint density at radius 2 is 1.95 bits per heavy atom. The van der Waals surface area contributed by atoms with Crippen LogP contribution in [0.5, 0.6) is 0 Å². The normalized spacial score (nSPS) is 28.6. The average Bonchev–Trinajstić information content (AvgIpc) is 2.76. The molecule has 2 fully saturated rings. The molecule has 106 valence electrons. The summed E-state index contributed by atoms with van der Waals surface area (Å²) in [5, 5.41) is 3.72. The highest BCUT2D eigenvalue weighted by molar-refractivity contribution is 7.89. The third-order valence-corrected chi connectivity index (χ3v) is 5.90. The maximum absolute atomic E-state index is 12.3. The molecule has 1 aliphatic heterocycles. The van der Waals surface area contributed by atoms with E-state index in [1.807, 2.05) is 0 Å². The number of fused-ring (bicyclic) bond motifs is 1. The van der Waals surface area contributed by atoms with Crippen LogP contribution in [0.1, 0.15) is 5.56 Å². The van der Waals surface area contributed by atoms with Gasteiger partial charge in [-0.25, -0.2) is 13.1 Å². The molecule has 19 heavy (non-hydrogen) atoms. The lowest BCUT2D eigenvalue weighted by Crippen LogP contribution is -2.32. The molecule has 4 nitrogen and oxygen atoms in total. The van der Waals surface area contributed by atoms with Crippen molar-refractivity contribution < 1.29 is 8.42 Å². The zero-order chi connectivity index (χ0) is 12.9. The molecule has 1 aromatic carbocycles. The lowest BCUT2D eigenvalue weighted by atomic mass is 10.2. The largest absolute Gasteiger partial charge is 0.316 e. The van der Waals surface area contributed by atoms with E-state index in [4.69, 9.17) is 11.6 Å². The van der Waals surface area contributed by atoms with Gasteiger partial charge in [-0.1, -0.05) is 17.7 Å². The molecule has 1 aromatic rings. The zero-order valence-corrected chi connectivity index (χ0v) is 12.8. The van der Waals surface area contributed by atoms with E-state index in [0.29, 0.717) is 22.4 Å². The van der Waals surface area contributed by atoms with Crippen molar-refractivity contribution in [3.8, 4) is 0 Å². The van der Waals surface area contributed by atoms with Crippen molar-refractivity contribution >= 4 is 34.0 Å². The highest BCUT2D eigenvalue weighted by Gasteiger charge is 2.54. The molecule has 2 N–H and O–H groups in total. The smallest absolute Gasteiger partial charge is 0.241 e. The Morgan fingerprint density at radius 1 is 1.32 bits per heavy atom. The first kappa shape index (κ1) is 15.1. The van der Waals surface area contributed by atoms with Crippen LogP contribution in [0.25, 0.3) is 0 Å². The van der Waals surface area contributed by atoms with Gasteiger partial charge in [0.05, 0.1) is 4.90 Å². The summed E-state index contributed by atoms with van der Waals surface area (Å²) in [7, 11) is -3.45. The summed E-state index contributed by atoms with van der Waals surface area (Å²) in [6.45, 7) is 3.55. The molecule has 7 heteroatoms. The fourth-order valence-corrected chi connectivity index (χ4v) is 4.55. The van der Waals surface area contributed by atoms with Gasteiger partial charge in [0.15, 0.2) is 0 Å². The Bertz CT molecular complexity index is 581. The molecule has 1 saturated heterocycles. The molecular formula is C12H16Cl2N2O2S. The van der Waals surface area contributed by atoms with Gasteiger partial charge in [-0.3, -0.25) is 0 Å². The summed E-state index contributed by atoms with van der Waals surface area (Å²) in [4.78, 5) is 0.285. The van der Waals surface area contributed by atoms with Crippen LogP contribution >= 0.6 is 24.0 Å². The molecule has 0 amide bonds. The topological polar surface area (TPSA) is 58.2 Å². The summed E-state index contributed by atoms with van der Waals surface area (Å²) in [5.74, 6) is 0.915. The Kier molecular flexibility index (Phi) is 4.14. The summed E-state index contributed by atoms with van der Waals surface area (Å²) < 4.78 is 27.4. The first-order valence-corrected chi connectivity index (χ1v) is 7.85. The lowest BCUT2D eigenvalue weighted by molar-refractivity contribution is 0.564. The summed E-state index contributed by atoms with van der Waals surface area (Å²) in [6.07, 6.45) is 0. The van der Waals surface area contributed by atoms with Crippen LogP contribution in [0.2, 0.25) is 5.02 Å². The van der Waals surface area contributed by atoms with Crippen LogP contribution in [0, 0.1) is 18.8 Å². The van der Waals surface area contributed by atoms with E-state index < -0.39 is 10.0 Å². The fraction of sp³-hybridized carbons (Fsp3) is 0.500. The molecule has 2 aliphatic rings. The fourth-order valence-electron chi connectivity index (χ4n) is 2.71. The second-order valence-corrected chi connectivity index (χ2v) is 7.09. The standard InChI is InChI=1S/C12H15ClN2O2S.ClH/c1-7-10(13)3-2-4-11(7)18(16,17)15-12-8-5-14-6-9(8)12;/h2-4,8-9,12,14-15H,5-6H2,1H3;1H. The number of hydrogen-bond acceptors (Lipinski definition) is 3. The first-order chi connectivity index (χ1) is 8.50. The Morgan fingerprint density at radius 3 is 2.58 bits per heavy atom. The second kappa shape index (κ2) is 5.22. The number of halogens is 2. The third kappa shape index (κ3) is 2.62. The number of nitrogens with one attached hydrogen (secondary N) is 2. The van der Waals surface area contributed by atoms with Crippen molar-refractivity contribution in [2.75, 3.05) is 13.1 Å². The maximum Gasteiger partial charge on any atom is 0.241 e. The average molecular weight is 323 g/mol. The molecular weight excluding hydrogens is 307 g/mol. The summed E-state index contributed by atoms with van der Waals surface area (Å²) in [6, 6.07) is 5.06. The van der Waals surface area contributed by atoms with Gasteiger partial charge in [0.1, 0.15) is 0 Å². The van der Waals surface area contributed by atoms with Crippen LogP contribution in [0.3, 0.4) is 0 Å². The van der Waals surface area contributed by atoms with Gasteiger partial charge >= 0.3 is 0 Å². The minimum Gasteiger partial charge on any atom is -0.316 e. The summed E-state index contributed by atoms with van der Waals surface area (Å²) >= 11 is 5.97. The first-order valence-electron chi connectivity index (χ1n) is 5.99. The van der Waals surface area contributed by atoms with E-state index in [2.05, 4.69) is 10.0 Å². The van der Waals surface area contributed by atoms with Gasteiger partial charge in [-0.15, -0.1) is 12.4 Å². The number of rotatable bonds is 3. The predicted octanol–water partition coefficient (Wildman–Crippen LogP) is 1.57. The SMILES string of the molecule is Cc1c(Cl)cccc1S(=O)(=O)NC1C2CNCC21.Cl. The minimum atomic E-state index is -3.45. The molecule has 2 atom stereocenters. The highest BCUT2D eigenvalue weighted by atomic mass is 35.5. The molecule has 1 heterocycles. The van der Waals surface area contributed by atoms with Crippen molar-refractivity contribution in [3.05, 3.63) is 28.8 Å². The van der Waals surface area contributed by atoms with Crippen LogP contribution in [-0.4, -0.2) is 27.5 Å². The number of hydrogen-bond donors (Lipinski definition) is 2. The van der Waals surface area contributed by atoms with E-state index in [-0.39, 0.29) is 23.3 Å². The second-order valence-electron chi connectivity index (χ2n) is 5.00. The van der Waals surface area contributed by atoms with Crippen LogP contribution < -0.4 is 10.0 Å². The predicted molar refractivity (Wildman–Crippen MR) is 77.4 cm³/mol. The number of sulfonamides is 1. The van der Waals surface area contributed by atoms with E-state index in [1.54, 1.807) is 25.1 Å². The molecule has 0 spiro atoms. The Hall–Kier alpha value is -0.330. The van der Waals surface area contributed by atoms with Crippen molar-refractivity contribution in [1.82, 2.24) is 10.0 Å². The maximum atomic E-state index is 12.3. The van der Waals surface area contributed by atoms with E-state index in [1.165, 1.54) is 0 Å². The van der Waals surface area contributed by atoms with E-state index in [0.717, 1.165) is 13.1 Å². The van der Waals surface area contributed by atoms with Crippen molar-refractivity contribution in [3.63, 3.8) is 0 Å². The quantitative estimate of drug-likeness (QED) is 0.888. The van der Waals surface area contributed by atoms with Gasteiger partial charge in [0.25, 0.3) is 0 Å². The number of piperidine rings is 1. The monoisotopic (exact) mass is 322 g/mol. The van der Waals surface area contributed by atoms with E-state index in [9.17, 15) is 8.42 Å². The number of benzene rings is 1. The van der Waals surface area contributed by atoms with Gasteiger partial charge in [-0.05, 0) is 49.5 Å². The third-order valence-electron chi connectivity index (χ3n) is 3.89. The zero-order valence-electron chi connectivity index (χ0n) is 10.4. The molecule has 1 saturated carbocycles. The molecule has 2 unspecified atom stereocenters. The molecule has 1 aliphatic carbocycles. The van der Waals surface area contributed by atoms with Crippen molar-refractivity contribution in [1.29, 1.82) is 0 Å².